The molecule has 1 heterocycles. The van der Waals surface area contributed by atoms with Gasteiger partial charge in [-0.15, -0.1) is 0 Å². The van der Waals surface area contributed by atoms with Crippen LogP contribution < -0.4 is 5.32 Å². The smallest absolute Gasteiger partial charge is 0.408 e. The number of hydrogen-bond acceptors (Lipinski definition) is 5. The number of carbonyl (C=O) groups is 2. The summed E-state index contributed by atoms with van der Waals surface area (Å²) in [6.07, 6.45) is 2.60. The number of alkyl carbamates (subject to hydrolysis) is 1. The normalized spacial score (nSPS) is 12.4. The first-order chi connectivity index (χ1) is 9.28. The summed E-state index contributed by atoms with van der Waals surface area (Å²) in [6, 6.07) is 2.78. The molecule has 1 N–H and O–H groups in total. The number of nitrogens with zero attached hydrogens (tertiary/aromatic N) is 1. The number of amides is 1. The van der Waals surface area contributed by atoms with Gasteiger partial charge in [0.2, 0.25) is 0 Å². The molecule has 0 aromatic carbocycles. The van der Waals surface area contributed by atoms with Gasteiger partial charge in [0.1, 0.15) is 18.2 Å². The molecular weight excluding hydrogens is 260 g/mol. The molecule has 0 aliphatic carbocycles. The van der Waals surface area contributed by atoms with E-state index in [2.05, 4.69) is 10.3 Å². The van der Waals surface area contributed by atoms with Gasteiger partial charge in [-0.25, -0.2) is 9.59 Å². The van der Waals surface area contributed by atoms with Crippen molar-refractivity contribution in [2.75, 3.05) is 0 Å². The van der Waals surface area contributed by atoms with Crippen LogP contribution in [0, 0.1) is 0 Å². The summed E-state index contributed by atoms with van der Waals surface area (Å²) in [7, 11) is 0. The molecule has 1 unspecified atom stereocenters. The van der Waals surface area contributed by atoms with Crippen molar-refractivity contribution >= 4 is 12.1 Å². The van der Waals surface area contributed by atoms with Crippen LogP contribution in [-0.2, 0) is 20.9 Å². The minimum atomic E-state index is -0.776. The molecule has 1 rings (SSSR count). The molecule has 6 nitrogen and oxygen atoms in total. The fraction of sp³-hybridized carbons (Fsp3) is 0.500. The van der Waals surface area contributed by atoms with Gasteiger partial charge in [0.25, 0.3) is 0 Å². The van der Waals surface area contributed by atoms with E-state index in [1.807, 2.05) is 0 Å². The summed E-state index contributed by atoms with van der Waals surface area (Å²) in [5, 5.41) is 2.42. The van der Waals surface area contributed by atoms with E-state index in [1.54, 1.807) is 45.3 Å². The first-order valence-electron chi connectivity index (χ1n) is 6.33. The fourth-order valence-corrected chi connectivity index (χ4v) is 1.31. The van der Waals surface area contributed by atoms with Crippen LogP contribution in [0.3, 0.4) is 0 Å². The van der Waals surface area contributed by atoms with Crippen LogP contribution in [0.25, 0.3) is 0 Å². The minimum absolute atomic E-state index is 0.118. The van der Waals surface area contributed by atoms with Crippen molar-refractivity contribution in [3.05, 3.63) is 30.1 Å². The fourth-order valence-electron chi connectivity index (χ4n) is 1.31. The molecule has 0 fully saturated rings. The molecule has 0 aliphatic heterocycles. The predicted molar refractivity (Wildman–Crippen MR) is 72.9 cm³/mol. The molecule has 1 aromatic heterocycles. The largest absolute Gasteiger partial charge is 0.459 e. The Labute approximate surface area is 118 Å². The molecule has 0 saturated carbocycles. The first-order valence-corrected chi connectivity index (χ1v) is 6.33. The number of aromatic nitrogens is 1. The maximum Gasteiger partial charge on any atom is 0.408 e. The van der Waals surface area contributed by atoms with E-state index in [4.69, 9.17) is 9.47 Å². The Kier molecular flexibility index (Phi) is 5.49. The number of esters is 1. The standard InChI is InChI=1S/C14H20N2O4/c1-10(16-13(18)20-14(2,3)4)12(17)19-9-11-6-5-7-15-8-11/h5-8,10H,9H2,1-4H3,(H,16,18). The predicted octanol–water partition coefficient (Wildman–Crippen LogP) is 2.04. The summed E-state index contributed by atoms with van der Waals surface area (Å²) < 4.78 is 10.1. The third-order valence-electron chi connectivity index (χ3n) is 2.19. The monoisotopic (exact) mass is 280 g/mol. The second-order valence-corrected chi connectivity index (χ2v) is 5.34. The lowest BCUT2D eigenvalue weighted by Gasteiger charge is -2.21. The molecule has 110 valence electrons. The summed E-state index contributed by atoms with van der Waals surface area (Å²) in [4.78, 5) is 27.1. The van der Waals surface area contributed by atoms with Crippen LogP contribution in [0.1, 0.15) is 33.3 Å². The quantitative estimate of drug-likeness (QED) is 0.854. The zero-order valence-corrected chi connectivity index (χ0v) is 12.2. The average Bonchev–Trinajstić information content (AvgIpc) is 2.34. The van der Waals surface area contributed by atoms with Gasteiger partial charge in [-0.3, -0.25) is 4.98 Å². The lowest BCUT2D eigenvalue weighted by molar-refractivity contribution is -0.147. The summed E-state index contributed by atoms with van der Waals surface area (Å²) in [6.45, 7) is 6.90. The van der Waals surface area contributed by atoms with E-state index in [0.717, 1.165) is 5.56 Å². The van der Waals surface area contributed by atoms with E-state index in [0.29, 0.717) is 0 Å². The Morgan fingerprint density at radius 2 is 2.10 bits per heavy atom. The third kappa shape index (κ3) is 6.17. The molecule has 1 aromatic rings. The molecule has 1 atom stereocenters. The maximum atomic E-state index is 11.7. The van der Waals surface area contributed by atoms with Gasteiger partial charge >= 0.3 is 12.1 Å². The summed E-state index contributed by atoms with van der Waals surface area (Å²) in [5.74, 6) is -0.528. The van der Waals surface area contributed by atoms with Crippen molar-refractivity contribution in [2.24, 2.45) is 0 Å². The van der Waals surface area contributed by atoms with E-state index in [9.17, 15) is 9.59 Å². The molecule has 1 amide bonds. The van der Waals surface area contributed by atoms with Gasteiger partial charge in [-0.05, 0) is 33.8 Å². The molecule has 6 heteroatoms. The lowest BCUT2D eigenvalue weighted by Crippen LogP contribution is -2.42. The van der Waals surface area contributed by atoms with Crippen LogP contribution in [0.15, 0.2) is 24.5 Å². The highest BCUT2D eigenvalue weighted by molar-refractivity contribution is 5.81. The van der Waals surface area contributed by atoms with Crippen LogP contribution in [0.5, 0.6) is 0 Å². The summed E-state index contributed by atoms with van der Waals surface area (Å²) in [5.41, 5.74) is 0.175. The minimum Gasteiger partial charge on any atom is -0.459 e. The zero-order valence-electron chi connectivity index (χ0n) is 12.2. The van der Waals surface area contributed by atoms with Crippen molar-refractivity contribution in [1.82, 2.24) is 10.3 Å². The molecule has 0 bridgehead atoms. The molecule has 0 radical (unpaired) electrons. The van der Waals surface area contributed by atoms with Crippen molar-refractivity contribution in [3.63, 3.8) is 0 Å². The molecule has 0 aliphatic rings. The Bertz CT molecular complexity index is 454. The molecule has 0 saturated heterocycles. The number of nitrogens with one attached hydrogen (secondary N) is 1. The number of carbonyl (C=O) groups excluding carboxylic acids is 2. The highest BCUT2D eigenvalue weighted by atomic mass is 16.6. The Hall–Kier alpha value is -2.11. The average molecular weight is 280 g/mol. The van der Waals surface area contributed by atoms with Gasteiger partial charge in [0, 0.05) is 18.0 Å². The summed E-state index contributed by atoms with van der Waals surface area (Å²) >= 11 is 0. The number of rotatable bonds is 4. The van der Waals surface area contributed by atoms with Crippen molar-refractivity contribution < 1.29 is 19.1 Å². The van der Waals surface area contributed by atoms with Crippen molar-refractivity contribution in [3.8, 4) is 0 Å². The Morgan fingerprint density at radius 1 is 1.40 bits per heavy atom. The second-order valence-electron chi connectivity index (χ2n) is 5.34. The second kappa shape index (κ2) is 6.88. The number of hydrogen-bond donors (Lipinski definition) is 1. The van der Waals surface area contributed by atoms with Crippen LogP contribution in [0.2, 0.25) is 0 Å². The van der Waals surface area contributed by atoms with Gasteiger partial charge < -0.3 is 14.8 Å². The van der Waals surface area contributed by atoms with Crippen LogP contribution in [0.4, 0.5) is 4.79 Å². The lowest BCUT2D eigenvalue weighted by atomic mass is 10.2. The van der Waals surface area contributed by atoms with Crippen LogP contribution >= 0.6 is 0 Å². The van der Waals surface area contributed by atoms with E-state index in [-0.39, 0.29) is 6.61 Å². The van der Waals surface area contributed by atoms with E-state index < -0.39 is 23.7 Å². The Balaban J connectivity index is 2.38. The topological polar surface area (TPSA) is 77.5 Å². The highest BCUT2D eigenvalue weighted by Gasteiger charge is 2.21. The highest BCUT2D eigenvalue weighted by Crippen LogP contribution is 2.07. The van der Waals surface area contributed by atoms with Gasteiger partial charge in [-0.1, -0.05) is 6.07 Å². The van der Waals surface area contributed by atoms with Crippen molar-refractivity contribution in [2.45, 2.75) is 45.9 Å². The van der Waals surface area contributed by atoms with Gasteiger partial charge in [-0.2, -0.15) is 0 Å². The molecule has 0 spiro atoms. The SMILES string of the molecule is CC(NC(=O)OC(C)(C)C)C(=O)OCc1cccnc1. The Morgan fingerprint density at radius 3 is 2.65 bits per heavy atom. The number of pyridine rings is 1. The number of ether oxygens (including phenoxy) is 2. The van der Waals surface area contributed by atoms with Gasteiger partial charge in [0.15, 0.2) is 0 Å². The van der Waals surface area contributed by atoms with Gasteiger partial charge in [0.05, 0.1) is 0 Å². The molecule has 20 heavy (non-hydrogen) atoms. The zero-order chi connectivity index (χ0) is 15.2. The first kappa shape index (κ1) is 15.9. The van der Waals surface area contributed by atoms with Crippen molar-refractivity contribution in [1.29, 1.82) is 0 Å². The maximum absolute atomic E-state index is 11.7. The van der Waals surface area contributed by atoms with Crippen LogP contribution in [-0.4, -0.2) is 28.7 Å². The van der Waals surface area contributed by atoms with E-state index in [1.165, 1.54) is 6.92 Å². The third-order valence-corrected chi connectivity index (χ3v) is 2.19. The molecular formula is C14H20N2O4. The van der Waals surface area contributed by atoms with E-state index >= 15 is 0 Å².